The quantitative estimate of drug-likeness (QED) is 0.623. The summed E-state index contributed by atoms with van der Waals surface area (Å²) in [5, 5.41) is 0. The summed E-state index contributed by atoms with van der Waals surface area (Å²) in [5.74, 6) is 1.18. The second-order valence-corrected chi connectivity index (χ2v) is 6.26. The summed E-state index contributed by atoms with van der Waals surface area (Å²) < 4.78 is 0. The second-order valence-electron chi connectivity index (χ2n) is 6.26. The van der Waals surface area contributed by atoms with Crippen molar-refractivity contribution in [3.05, 3.63) is 0 Å². The van der Waals surface area contributed by atoms with Gasteiger partial charge in [-0.15, -0.1) is 0 Å². The van der Waals surface area contributed by atoms with E-state index in [-0.39, 0.29) is 5.41 Å². The van der Waals surface area contributed by atoms with Crippen LogP contribution in [0, 0.1) is 16.7 Å². The van der Waals surface area contributed by atoms with E-state index in [9.17, 15) is 4.79 Å². The lowest BCUT2D eigenvalue weighted by Crippen LogP contribution is -2.34. The van der Waals surface area contributed by atoms with E-state index < -0.39 is 0 Å². The van der Waals surface area contributed by atoms with E-state index in [0.717, 1.165) is 18.8 Å². The van der Waals surface area contributed by atoms with Gasteiger partial charge in [-0.1, -0.05) is 27.7 Å². The van der Waals surface area contributed by atoms with E-state index in [2.05, 4.69) is 27.7 Å². The number of carbonyl (C=O) groups excluding carboxylic acids is 1. The standard InChI is InChI=1S/C13H24O/c1-10(14)13(5)8-6-11(7-9-13)12(2,3)4/h11H,6-9H2,1-5H3. The van der Waals surface area contributed by atoms with E-state index in [0.29, 0.717) is 11.2 Å². The molecule has 82 valence electrons. The van der Waals surface area contributed by atoms with Crippen molar-refractivity contribution in [2.75, 3.05) is 0 Å². The van der Waals surface area contributed by atoms with E-state index >= 15 is 0 Å². The zero-order valence-corrected chi connectivity index (χ0v) is 10.3. The minimum Gasteiger partial charge on any atom is -0.299 e. The maximum atomic E-state index is 11.5. The lowest BCUT2D eigenvalue weighted by Gasteiger charge is -2.41. The summed E-state index contributed by atoms with van der Waals surface area (Å²) in [6, 6.07) is 0. The Hall–Kier alpha value is -0.330. The number of hydrogen-bond acceptors (Lipinski definition) is 1. The molecular weight excluding hydrogens is 172 g/mol. The van der Waals surface area contributed by atoms with Gasteiger partial charge < -0.3 is 0 Å². The topological polar surface area (TPSA) is 17.1 Å². The van der Waals surface area contributed by atoms with E-state index in [4.69, 9.17) is 0 Å². The van der Waals surface area contributed by atoms with E-state index in [1.54, 1.807) is 6.92 Å². The first kappa shape index (κ1) is 11.7. The highest BCUT2D eigenvalue weighted by Crippen LogP contribution is 2.45. The summed E-state index contributed by atoms with van der Waals surface area (Å²) >= 11 is 0. The fraction of sp³-hybridized carbons (Fsp3) is 0.923. The molecule has 0 atom stereocenters. The van der Waals surface area contributed by atoms with Crippen molar-refractivity contribution in [2.45, 2.75) is 60.3 Å². The van der Waals surface area contributed by atoms with Gasteiger partial charge in [0.1, 0.15) is 5.78 Å². The molecule has 1 aliphatic rings. The molecule has 1 nitrogen and oxygen atoms in total. The lowest BCUT2D eigenvalue weighted by atomic mass is 9.64. The predicted molar refractivity (Wildman–Crippen MR) is 60.2 cm³/mol. The SMILES string of the molecule is CC(=O)C1(C)CCC(C(C)(C)C)CC1. The van der Waals surface area contributed by atoms with Gasteiger partial charge in [-0.3, -0.25) is 4.79 Å². The van der Waals surface area contributed by atoms with Crippen LogP contribution in [-0.4, -0.2) is 5.78 Å². The number of hydrogen-bond donors (Lipinski definition) is 0. The van der Waals surface area contributed by atoms with Gasteiger partial charge in [0.15, 0.2) is 0 Å². The van der Waals surface area contributed by atoms with Gasteiger partial charge in [0.05, 0.1) is 0 Å². The summed E-state index contributed by atoms with van der Waals surface area (Å²) in [6.45, 7) is 10.8. The molecule has 0 unspecified atom stereocenters. The number of carbonyl (C=O) groups is 1. The Bertz CT molecular complexity index is 214. The van der Waals surface area contributed by atoms with Gasteiger partial charge in [0.2, 0.25) is 0 Å². The predicted octanol–water partition coefficient (Wildman–Crippen LogP) is 3.82. The molecule has 0 aromatic rings. The number of ketones is 1. The molecule has 0 bridgehead atoms. The molecule has 0 aromatic heterocycles. The van der Waals surface area contributed by atoms with Gasteiger partial charge in [-0.05, 0) is 43.9 Å². The Balaban J connectivity index is 2.59. The Kier molecular flexibility index (Phi) is 3.08. The first-order valence-corrected chi connectivity index (χ1v) is 5.77. The lowest BCUT2D eigenvalue weighted by molar-refractivity contribution is -0.128. The van der Waals surface area contributed by atoms with Gasteiger partial charge in [-0.25, -0.2) is 0 Å². The minimum absolute atomic E-state index is 0.0122. The number of Topliss-reactive ketones (excluding diaryl/α,β-unsaturated/α-hetero) is 1. The second kappa shape index (κ2) is 3.67. The molecule has 1 aliphatic carbocycles. The largest absolute Gasteiger partial charge is 0.299 e. The maximum Gasteiger partial charge on any atom is 0.135 e. The summed E-state index contributed by atoms with van der Waals surface area (Å²) in [7, 11) is 0. The molecule has 0 amide bonds. The van der Waals surface area contributed by atoms with Crippen LogP contribution in [0.5, 0.6) is 0 Å². The maximum absolute atomic E-state index is 11.5. The molecule has 0 aromatic carbocycles. The Labute approximate surface area is 88.3 Å². The van der Waals surface area contributed by atoms with Gasteiger partial charge >= 0.3 is 0 Å². The van der Waals surface area contributed by atoms with Crippen LogP contribution >= 0.6 is 0 Å². The smallest absolute Gasteiger partial charge is 0.135 e. The van der Waals surface area contributed by atoms with Gasteiger partial charge in [-0.2, -0.15) is 0 Å². The van der Waals surface area contributed by atoms with Crippen molar-refractivity contribution in [3.8, 4) is 0 Å². The van der Waals surface area contributed by atoms with Crippen LogP contribution in [-0.2, 0) is 4.79 Å². The van der Waals surface area contributed by atoms with Crippen molar-refractivity contribution in [2.24, 2.45) is 16.7 Å². The Morgan fingerprint density at radius 2 is 1.64 bits per heavy atom. The normalized spacial score (nSPS) is 34.2. The van der Waals surface area contributed by atoms with Crippen molar-refractivity contribution < 1.29 is 4.79 Å². The third kappa shape index (κ3) is 2.37. The minimum atomic E-state index is -0.0122. The molecule has 1 fully saturated rings. The molecule has 0 radical (unpaired) electrons. The molecule has 0 heterocycles. The van der Waals surface area contributed by atoms with Crippen molar-refractivity contribution in [1.29, 1.82) is 0 Å². The molecule has 1 heteroatoms. The summed E-state index contributed by atoms with van der Waals surface area (Å²) in [4.78, 5) is 11.5. The van der Waals surface area contributed by atoms with Crippen LogP contribution in [0.1, 0.15) is 60.3 Å². The van der Waals surface area contributed by atoms with Gasteiger partial charge in [0.25, 0.3) is 0 Å². The fourth-order valence-electron chi connectivity index (χ4n) is 2.47. The van der Waals surface area contributed by atoms with E-state index in [1.165, 1.54) is 12.8 Å². The molecule has 0 spiro atoms. The monoisotopic (exact) mass is 196 g/mol. The fourth-order valence-corrected chi connectivity index (χ4v) is 2.47. The first-order chi connectivity index (χ1) is 6.26. The molecule has 0 N–H and O–H groups in total. The molecular formula is C13H24O. The summed E-state index contributed by atoms with van der Waals surface area (Å²) in [6.07, 6.45) is 4.62. The van der Waals surface area contributed by atoms with Crippen LogP contribution in [0.3, 0.4) is 0 Å². The van der Waals surface area contributed by atoms with E-state index in [1.807, 2.05) is 0 Å². The third-order valence-corrected chi connectivity index (χ3v) is 4.16. The van der Waals surface area contributed by atoms with Gasteiger partial charge in [0, 0.05) is 5.41 Å². The summed E-state index contributed by atoms with van der Waals surface area (Å²) in [5.41, 5.74) is 0.403. The zero-order valence-electron chi connectivity index (χ0n) is 10.3. The third-order valence-electron chi connectivity index (χ3n) is 4.16. The molecule has 1 saturated carbocycles. The molecule has 0 aliphatic heterocycles. The first-order valence-electron chi connectivity index (χ1n) is 5.77. The Morgan fingerprint density at radius 1 is 1.21 bits per heavy atom. The highest BCUT2D eigenvalue weighted by atomic mass is 16.1. The van der Waals surface area contributed by atoms with Crippen LogP contribution < -0.4 is 0 Å². The highest BCUT2D eigenvalue weighted by Gasteiger charge is 2.38. The van der Waals surface area contributed by atoms with Crippen LogP contribution in [0.25, 0.3) is 0 Å². The average Bonchev–Trinajstić information content (AvgIpc) is 2.03. The van der Waals surface area contributed by atoms with Crippen LogP contribution in [0.15, 0.2) is 0 Å². The Morgan fingerprint density at radius 3 is 1.93 bits per heavy atom. The highest BCUT2D eigenvalue weighted by molar-refractivity contribution is 5.81. The number of rotatable bonds is 1. The van der Waals surface area contributed by atoms with Crippen LogP contribution in [0.2, 0.25) is 0 Å². The molecule has 1 rings (SSSR count). The van der Waals surface area contributed by atoms with Crippen LogP contribution in [0.4, 0.5) is 0 Å². The average molecular weight is 196 g/mol. The zero-order chi connectivity index (χ0) is 11.0. The van der Waals surface area contributed by atoms with Crippen molar-refractivity contribution in [3.63, 3.8) is 0 Å². The van der Waals surface area contributed by atoms with Crippen molar-refractivity contribution >= 4 is 5.78 Å². The molecule has 0 saturated heterocycles. The molecule has 14 heavy (non-hydrogen) atoms. The van der Waals surface area contributed by atoms with Crippen molar-refractivity contribution in [1.82, 2.24) is 0 Å².